The standard InChI is InChI=1S/C20H21FN2O/c1-3-18-20(16-9-5-6-10-17(16)21)22-14-23(18)13-12-15-8-4-7-11-19(15)24-2/h4-11,14H,3,12-13H2,1-2H3. The van der Waals surface area contributed by atoms with E-state index >= 15 is 0 Å². The van der Waals surface area contributed by atoms with Crippen LogP contribution in [0.2, 0.25) is 0 Å². The first kappa shape index (κ1) is 16.2. The third-order valence-corrected chi connectivity index (χ3v) is 4.22. The SMILES string of the molecule is CCc1c(-c2ccccc2F)ncn1CCc1ccccc1OC. The summed E-state index contributed by atoms with van der Waals surface area (Å²) in [5.74, 6) is 0.659. The third kappa shape index (κ3) is 3.18. The first-order valence-electron chi connectivity index (χ1n) is 8.15. The molecule has 0 amide bonds. The molecule has 0 aliphatic rings. The van der Waals surface area contributed by atoms with Gasteiger partial charge in [0.05, 0.1) is 19.1 Å². The van der Waals surface area contributed by atoms with E-state index in [-0.39, 0.29) is 5.82 Å². The number of para-hydroxylation sites is 1. The van der Waals surface area contributed by atoms with Crippen LogP contribution in [0.25, 0.3) is 11.3 Å². The average Bonchev–Trinajstić information content (AvgIpc) is 3.03. The number of hydrogen-bond donors (Lipinski definition) is 0. The molecule has 0 unspecified atom stereocenters. The van der Waals surface area contributed by atoms with E-state index in [0.717, 1.165) is 42.1 Å². The number of aryl methyl sites for hydroxylation is 2. The predicted molar refractivity (Wildman–Crippen MR) is 93.7 cm³/mol. The first-order chi connectivity index (χ1) is 11.7. The van der Waals surface area contributed by atoms with Gasteiger partial charge in [0.2, 0.25) is 0 Å². The van der Waals surface area contributed by atoms with Crippen molar-refractivity contribution in [2.24, 2.45) is 0 Å². The minimum absolute atomic E-state index is 0.234. The van der Waals surface area contributed by atoms with Crippen LogP contribution in [0.15, 0.2) is 54.9 Å². The van der Waals surface area contributed by atoms with E-state index in [1.54, 1.807) is 25.6 Å². The number of rotatable bonds is 6. The third-order valence-electron chi connectivity index (χ3n) is 4.22. The Labute approximate surface area is 141 Å². The Hall–Kier alpha value is -2.62. The van der Waals surface area contributed by atoms with Crippen LogP contribution in [-0.2, 0) is 19.4 Å². The molecule has 124 valence electrons. The van der Waals surface area contributed by atoms with Crippen LogP contribution in [0.3, 0.4) is 0 Å². The number of benzene rings is 2. The molecule has 3 rings (SSSR count). The molecule has 0 saturated carbocycles. The summed E-state index contributed by atoms with van der Waals surface area (Å²) in [6.45, 7) is 2.85. The Morgan fingerprint density at radius 3 is 2.58 bits per heavy atom. The predicted octanol–water partition coefficient (Wildman–Crippen LogP) is 4.50. The number of halogens is 1. The fourth-order valence-electron chi connectivity index (χ4n) is 3.00. The van der Waals surface area contributed by atoms with E-state index in [2.05, 4.69) is 22.5 Å². The van der Waals surface area contributed by atoms with Gasteiger partial charge in [-0.2, -0.15) is 0 Å². The zero-order chi connectivity index (χ0) is 16.9. The fourth-order valence-corrected chi connectivity index (χ4v) is 3.00. The van der Waals surface area contributed by atoms with Crippen LogP contribution >= 0.6 is 0 Å². The summed E-state index contributed by atoms with van der Waals surface area (Å²) in [6, 6.07) is 14.8. The zero-order valence-electron chi connectivity index (χ0n) is 14.0. The summed E-state index contributed by atoms with van der Waals surface area (Å²) < 4.78 is 21.6. The topological polar surface area (TPSA) is 27.1 Å². The maximum absolute atomic E-state index is 14.1. The molecule has 0 saturated heterocycles. The highest BCUT2D eigenvalue weighted by atomic mass is 19.1. The average molecular weight is 324 g/mol. The van der Waals surface area contributed by atoms with Gasteiger partial charge in [-0.3, -0.25) is 0 Å². The Bertz CT molecular complexity index is 826. The molecule has 0 spiro atoms. The summed E-state index contributed by atoms with van der Waals surface area (Å²) in [4.78, 5) is 4.46. The van der Waals surface area contributed by atoms with Gasteiger partial charge in [-0.05, 0) is 36.6 Å². The molecular weight excluding hydrogens is 303 g/mol. The molecule has 3 nitrogen and oxygen atoms in total. The largest absolute Gasteiger partial charge is 0.496 e. The summed E-state index contributed by atoms with van der Waals surface area (Å²) in [6.07, 6.45) is 3.44. The molecule has 24 heavy (non-hydrogen) atoms. The molecular formula is C20H21FN2O. The van der Waals surface area contributed by atoms with E-state index in [4.69, 9.17) is 4.74 Å². The lowest BCUT2D eigenvalue weighted by atomic mass is 10.1. The highest BCUT2D eigenvalue weighted by Gasteiger charge is 2.14. The molecule has 2 aromatic carbocycles. The van der Waals surface area contributed by atoms with Crippen molar-refractivity contribution < 1.29 is 9.13 Å². The van der Waals surface area contributed by atoms with Gasteiger partial charge in [-0.1, -0.05) is 37.3 Å². The molecule has 0 aliphatic carbocycles. The maximum Gasteiger partial charge on any atom is 0.132 e. The van der Waals surface area contributed by atoms with Crippen LogP contribution in [0.4, 0.5) is 4.39 Å². The highest BCUT2D eigenvalue weighted by Crippen LogP contribution is 2.26. The molecule has 0 radical (unpaired) electrons. The first-order valence-corrected chi connectivity index (χ1v) is 8.15. The van der Waals surface area contributed by atoms with Crippen molar-refractivity contribution in [3.63, 3.8) is 0 Å². The number of aromatic nitrogens is 2. The normalized spacial score (nSPS) is 10.8. The number of hydrogen-bond acceptors (Lipinski definition) is 2. The Morgan fingerprint density at radius 2 is 1.83 bits per heavy atom. The molecule has 3 aromatic rings. The second-order valence-electron chi connectivity index (χ2n) is 5.63. The number of methoxy groups -OCH3 is 1. The van der Waals surface area contributed by atoms with Gasteiger partial charge in [0, 0.05) is 17.8 Å². The minimum atomic E-state index is -0.234. The Kier molecular flexibility index (Phi) is 4.94. The van der Waals surface area contributed by atoms with Crippen molar-refractivity contribution in [2.75, 3.05) is 7.11 Å². The van der Waals surface area contributed by atoms with Crippen molar-refractivity contribution in [2.45, 2.75) is 26.3 Å². The number of imidazole rings is 1. The van der Waals surface area contributed by atoms with E-state index < -0.39 is 0 Å². The Morgan fingerprint density at radius 1 is 1.08 bits per heavy atom. The smallest absolute Gasteiger partial charge is 0.132 e. The summed E-state index contributed by atoms with van der Waals surface area (Å²) in [5, 5.41) is 0. The molecule has 1 aromatic heterocycles. The zero-order valence-corrected chi connectivity index (χ0v) is 14.0. The summed E-state index contributed by atoms with van der Waals surface area (Å²) in [5.41, 5.74) is 3.50. The van der Waals surface area contributed by atoms with Crippen LogP contribution in [0.1, 0.15) is 18.2 Å². The summed E-state index contributed by atoms with van der Waals surface area (Å²) >= 11 is 0. The molecule has 0 N–H and O–H groups in total. The van der Waals surface area contributed by atoms with Gasteiger partial charge in [0.25, 0.3) is 0 Å². The molecule has 4 heteroatoms. The quantitative estimate of drug-likeness (QED) is 0.667. The second-order valence-corrected chi connectivity index (χ2v) is 5.63. The van der Waals surface area contributed by atoms with E-state index in [1.807, 2.05) is 24.3 Å². The minimum Gasteiger partial charge on any atom is -0.496 e. The van der Waals surface area contributed by atoms with Gasteiger partial charge in [0.15, 0.2) is 0 Å². The van der Waals surface area contributed by atoms with E-state index in [9.17, 15) is 4.39 Å². The second kappa shape index (κ2) is 7.30. The van der Waals surface area contributed by atoms with Crippen molar-refractivity contribution in [1.82, 2.24) is 9.55 Å². The molecule has 0 fully saturated rings. The van der Waals surface area contributed by atoms with Crippen molar-refractivity contribution in [3.05, 3.63) is 71.9 Å². The van der Waals surface area contributed by atoms with Crippen LogP contribution in [0.5, 0.6) is 5.75 Å². The van der Waals surface area contributed by atoms with Gasteiger partial charge < -0.3 is 9.30 Å². The fraction of sp³-hybridized carbons (Fsp3) is 0.250. The van der Waals surface area contributed by atoms with E-state index in [1.165, 1.54) is 6.07 Å². The molecule has 0 aliphatic heterocycles. The van der Waals surface area contributed by atoms with Crippen LogP contribution in [0, 0.1) is 5.82 Å². The van der Waals surface area contributed by atoms with Gasteiger partial charge in [-0.15, -0.1) is 0 Å². The molecule has 0 atom stereocenters. The monoisotopic (exact) mass is 324 g/mol. The highest BCUT2D eigenvalue weighted by molar-refractivity contribution is 5.62. The van der Waals surface area contributed by atoms with E-state index in [0.29, 0.717) is 5.56 Å². The summed E-state index contributed by atoms with van der Waals surface area (Å²) in [7, 11) is 1.68. The van der Waals surface area contributed by atoms with Crippen molar-refractivity contribution >= 4 is 0 Å². The Balaban J connectivity index is 1.86. The number of ether oxygens (including phenoxy) is 1. The lowest BCUT2D eigenvalue weighted by molar-refractivity contribution is 0.408. The van der Waals surface area contributed by atoms with Gasteiger partial charge in [0.1, 0.15) is 11.6 Å². The van der Waals surface area contributed by atoms with Gasteiger partial charge in [-0.25, -0.2) is 9.37 Å². The maximum atomic E-state index is 14.1. The molecule has 1 heterocycles. The van der Waals surface area contributed by atoms with Crippen molar-refractivity contribution in [3.8, 4) is 17.0 Å². The van der Waals surface area contributed by atoms with Crippen LogP contribution < -0.4 is 4.74 Å². The number of nitrogens with zero attached hydrogens (tertiary/aromatic N) is 2. The molecule has 0 bridgehead atoms. The van der Waals surface area contributed by atoms with Gasteiger partial charge >= 0.3 is 0 Å². The lowest BCUT2D eigenvalue weighted by Gasteiger charge is -2.11. The van der Waals surface area contributed by atoms with Crippen LogP contribution in [-0.4, -0.2) is 16.7 Å². The van der Waals surface area contributed by atoms with Crippen molar-refractivity contribution in [1.29, 1.82) is 0 Å². The lowest BCUT2D eigenvalue weighted by Crippen LogP contribution is -2.05.